The second-order valence-corrected chi connectivity index (χ2v) is 8.81. The number of hydrogen-bond acceptors (Lipinski definition) is 3. The third-order valence-electron chi connectivity index (χ3n) is 7.80. The number of Topliss-reactive ketones (excluding diaryl/α,β-unsaturated/α-hetero) is 1. The maximum Gasteiger partial charge on any atom is 0.173 e. The molecular weight excluding hydrogens is 295 g/mol. The second kappa shape index (κ2) is 4.89. The van der Waals surface area contributed by atoms with E-state index in [-0.39, 0.29) is 35.6 Å². The summed E-state index contributed by atoms with van der Waals surface area (Å²) in [5.41, 5.74) is 0.564. The molecule has 2 N–H and O–H groups in total. The number of rotatable bonds is 0. The van der Waals surface area contributed by atoms with Gasteiger partial charge in [0, 0.05) is 5.41 Å². The van der Waals surface area contributed by atoms with Crippen LogP contribution >= 0.6 is 0 Å². The molecule has 0 aromatic rings. The van der Waals surface area contributed by atoms with Crippen molar-refractivity contribution in [2.24, 2.45) is 28.6 Å². The van der Waals surface area contributed by atoms with Gasteiger partial charge in [0.15, 0.2) is 12.0 Å². The number of aliphatic hydroxyl groups excluding tert-OH is 2. The van der Waals surface area contributed by atoms with Crippen molar-refractivity contribution in [3.05, 3.63) is 11.6 Å². The molecule has 0 aromatic heterocycles. The Kier molecular flexibility index (Phi) is 3.35. The molecule has 0 unspecified atom stereocenters. The van der Waals surface area contributed by atoms with Gasteiger partial charge in [-0.05, 0) is 61.7 Å². The van der Waals surface area contributed by atoms with Crippen molar-refractivity contribution in [1.29, 1.82) is 0 Å². The molecule has 4 heteroatoms. The summed E-state index contributed by atoms with van der Waals surface area (Å²) in [5.74, 6) is -0.0315. The SMILES string of the molecule is C[C@]12CC[C@H](O)CC1=C[C@H](O)[C@@H]1[C@@H]2CC[C@]2(C)C(=O)[C@H](F)C[C@@H]12. The van der Waals surface area contributed by atoms with Crippen molar-refractivity contribution < 1.29 is 19.4 Å². The molecule has 0 saturated heterocycles. The van der Waals surface area contributed by atoms with Crippen LogP contribution in [0.3, 0.4) is 0 Å². The van der Waals surface area contributed by atoms with Gasteiger partial charge in [-0.25, -0.2) is 4.39 Å². The topological polar surface area (TPSA) is 57.5 Å². The van der Waals surface area contributed by atoms with Gasteiger partial charge in [-0.1, -0.05) is 25.5 Å². The summed E-state index contributed by atoms with van der Waals surface area (Å²) in [5, 5.41) is 20.8. The maximum atomic E-state index is 14.2. The number of fused-ring (bicyclic) bond motifs is 5. The van der Waals surface area contributed by atoms with E-state index < -0.39 is 17.7 Å². The minimum absolute atomic E-state index is 0.0120. The predicted molar refractivity (Wildman–Crippen MR) is 84.4 cm³/mol. The van der Waals surface area contributed by atoms with Gasteiger partial charge in [-0.3, -0.25) is 4.79 Å². The molecular formula is C19H27FO3. The number of halogens is 1. The van der Waals surface area contributed by atoms with Gasteiger partial charge < -0.3 is 10.2 Å². The van der Waals surface area contributed by atoms with Gasteiger partial charge in [-0.15, -0.1) is 0 Å². The molecule has 0 bridgehead atoms. The monoisotopic (exact) mass is 322 g/mol. The van der Waals surface area contributed by atoms with Gasteiger partial charge >= 0.3 is 0 Å². The molecule has 0 radical (unpaired) electrons. The van der Waals surface area contributed by atoms with Gasteiger partial charge in [0.2, 0.25) is 0 Å². The first-order valence-corrected chi connectivity index (χ1v) is 9.03. The van der Waals surface area contributed by atoms with Crippen LogP contribution in [0, 0.1) is 28.6 Å². The smallest absolute Gasteiger partial charge is 0.173 e. The number of hydrogen-bond donors (Lipinski definition) is 2. The van der Waals surface area contributed by atoms with E-state index in [1.54, 1.807) is 0 Å². The van der Waals surface area contributed by atoms with Crippen LogP contribution in [0.1, 0.15) is 52.4 Å². The first kappa shape index (κ1) is 15.8. The highest BCUT2D eigenvalue weighted by Crippen LogP contribution is 2.64. The van der Waals surface area contributed by atoms with E-state index >= 15 is 0 Å². The zero-order chi connectivity index (χ0) is 16.6. The molecule has 0 aliphatic heterocycles. The Balaban J connectivity index is 1.75. The summed E-state index contributed by atoms with van der Waals surface area (Å²) in [7, 11) is 0. The summed E-state index contributed by atoms with van der Waals surface area (Å²) in [6.07, 6.45) is 3.87. The molecule has 3 saturated carbocycles. The normalized spacial score (nSPS) is 55.7. The molecule has 3 nitrogen and oxygen atoms in total. The third kappa shape index (κ3) is 1.97. The van der Waals surface area contributed by atoms with E-state index in [1.807, 2.05) is 13.0 Å². The summed E-state index contributed by atoms with van der Waals surface area (Å²) < 4.78 is 14.2. The molecule has 3 fully saturated rings. The van der Waals surface area contributed by atoms with Crippen LogP contribution < -0.4 is 0 Å². The van der Waals surface area contributed by atoms with E-state index in [9.17, 15) is 19.4 Å². The Morgan fingerprint density at radius 2 is 1.83 bits per heavy atom. The Morgan fingerprint density at radius 3 is 2.57 bits per heavy atom. The fraction of sp³-hybridized carbons (Fsp3) is 0.842. The maximum absolute atomic E-state index is 14.2. The van der Waals surface area contributed by atoms with Gasteiger partial charge in [0.1, 0.15) is 0 Å². The highest BCUT2D eigenvalue weighted by Gasteiger charge is 2.63. The first-order valence-electron chi connectivity index (χ1n) is 9.03. The standard InChI is InChI=1S/C19H27FO3/c1-18-5-3-11(21)7-10(18)8-15(22)16-12(18)4-6-19(2)13(16)9-14(20)17(19)23/h8,11-16,21-22H,3-7,9H2,1-2H3/t11-,12-,13-,14+,15-,16+,18-,19-/m0/s1. The fourth-order valence-electron chi connectivity index (χ4n) is 6.38. The Morgan fingerprint density at radius 1 is 1.13 bits per heavy atom. The van der Waals surface area contributed by atoms with Crippen LogP contribution in [-0.2, 0) is 4.79 Å². The van der Waals surface area contributed by atoms with Crippen molar-refractivity contribution in [2.45, 2.75) is 70.8 Å². The Labute approximate surface area is 137 Å². The van der Waals surface area contributed by atoms with Crippen LogP contribution in [0.5, 0.6) is 0 Å². The number of ketones is 1. The van der Waals surface area contributed by atoms with E-state index in [2.05, 4.69) is 6.92 Å². The van der Waals surface area contributed by atoms with E-state index in [1.165, 1.54) is 5.57 Å². The van der Waals surface area contributed by atoms with Crippen molar-refractivity contribution in [3.8, 4) is 0 Å². The molecule has 0 heterocycles. The molecule has 0 amide bonds. The van der Waals surface area contributed by atoms with E-state index in [0.29, 0.717) is 12.3 Å². The molecule has 4 aliphatic carbocycles. The first-order chi connectivity index (χ1) is 10.8. The summed E-state index contributed by atoms with van der Waals surface area (Å²) in [4.78, 5) is 12.3. The Hall–Kier alpha value is -0.740. The van der Waals surface area contributed by atoms with Crippen LogP contribution in [0.15, 0.2) is 11.6 Å². The summed E-state index contributed by atoms with van der Waals surface area (Å²) in [6, 6.07) is 0. The molecule has 4 rings (SSSR count). The number of aliphatic hydroxyl groups is 2. The predicted octanol–water partition coefficient (Wildman–Crippen LogP) is 2.80. The molecule has 128 valence electrons. The summed E-state index contributed by atoms with van der Waals surface area (Å²) in [6.45, 7) is 4.16. The highest BCUT2D eigenvalue weighted by molar-refractivity contribution is 5.91. The summed E-state index contributed by atoms with van der Waals surface area (Å²) >= 11 is 0. The van der Waals surface area contributed by atoms with Crippen molar-refractivity contribution in [1.82, 2.24) is 0 Å². The zero-order valence-corrected chi connectivity index (χ0v) is 14.0. The molecule has 23 heavy (non-hydrogen) atoms. The van der Waals surface area contributed by atoms with Gasteiger partial charge in [0.25, 0.3) is 0 Å². The minimum atomic E-state index is -1.36. The zero-order valence-electron chi connectivity index (χ0n) is 14.0. The fourth-order valence-corrected chi connectivity index (χ4v) is 6.38. The van der Waals surface area contributed by atoms with Gasteiger partial charge in [-0.2, -0.15) is 0 Å². The Bertz CT molecular complexity index is 573. The third-order valence-corrected chi connectivity index (χ3v) is 7.80. The van der Waals surface area contributed by atoms with Crippen molar-refractivity contribution in [3.63, 3.8) is 0 Å². The quantitative estimate of drug-likeness (QED) is 0.674. The molecule has 0 spiro atoms. The average Bonchev–Trinajstić information content (AvgIpc) is 2.73. The van der Waals surface area contributed by atoms with Crippen molar-refractivity contribution >= 4 is 5.78 Å². The highest BCUT2D eigenvalue weighted by atomic mass is 19.1. The van der Waals surface area contributed by atoms with E-state index in [4.69, 9.17) is 0 Å². The molecule has 8 atom stereocenters. The average molecular weight is 322 g/mol. The second-order valence-electron chi connectivity index (χ2n) is 8.81. The largest absolute Gasteiger partial charge is 0.393 e. The van der Waals surface area contributed by atoms with Crippen LogP contribution in [0.25, 0.3) is 0 Å². The van der Waals surface area contributed by atoms with Crippen molar-refractivity contribution in [2.75, 3.05) is 0 Å². The number of carbonyl (C=O) groups is 1. The molecule has 0 aromatic carbocycles. The number of carbonyl (C=O) groups excluding carboxylic acids is 1. The number of alkyl halides is 1. The minimum Gasteiger partial charge on any atom is -0.393 e. The van der Waals surface area contributed by atoms with Crippen LogP contribution in [0.2, 0.25) is 0 Å². The van der Waals surface area contributed by atoms with E-state index in [0.717, 1.165) is 25.7 Å². The lowest BCUT2D eigenvalue weighted by atomic mass is 9.47. The lowest BCUT2D eigenvalue weighted by Gasteiger charge is -2.57. The van der Waals surface area contributed by atoms with Crippen LogP contribution in [-0.4, -0.2) is 34.4 Å². The lowest BCUT2D eigenvalue weighted by Crippen LogP contribution is -2.54. The molecule has 4 aliphatic rings. The van der Waals surface area contributed by atoms with Crippen LogP contribution in [0.4, 0.5) is 4.39 Å². The lowest BCUT2D eigenvalue weighted by molar-refractivity contribution is -0.137. The van der Waals surface area contributed by atoms with Gasteiger partial charge in [0.05, 0.1) is 12.2 Å².